The van der Waals surface area contributed by atoms with Crippen molar-refractivity contribution in [1.29, 1.82) is 0 Å². The first-order valence-corrected chi connectivity index (χ1v) is 10.8. The van der Waals surface area contributed by atoms with Crippen LogP contribution in [0.25, 0.3) is 0 Å². The van der Waals surface area contributed by atoms with Crippen LogP contribution in [0.15, 0.2) is 12.2 Å². The van der Waals surface area contributed by atoms with Crippen LogP contribution >= 0.6 is 0 Å². The number of fused-ring (bicyclic) bond motifs is 5. The largest absolute Gasteiger partial charge is 0.471 e. The molecule has 4 saturated carbocycles. The van der Waals surface area contributed by atoms with Crippen molar-refractivity contribution in [3.05, 3.63) is 12.2 Å². The zero-order valence-corrected chi connectivity index (χ0v) is 17.1. The summed E-state index contributed by atoms with van der Waals surface area (Å²) in [5.74, 6) is -1.73. The number of allylic oxidation sites excluding steroid dienone is 1. The van der Waals surface area contributed by atoms with Crippen LogP contribution in [0.5, 0.6) is 0 Å². The quantitative estimate of drug-likeness (QED) is 0.574. The zero-order chi connectivity index (χ0) is 21.4. The van der Waals surface area contributed by atoms with E-state index in [0.29, 0.717) is 18.8 Å². The first-order chi connectivity index (χ1) is 13.4. The molecule has 0 aromatic carbocycles. The van der Waals surface area contributed by atoms with Crippen LogP contribution in [-0.2, 0) is 4.79 Å². The van der Waals surface area contributed by atoms with Crippen LogP contribution in [0.2, 0.25) is 0 Å². The van der Waals surface area contributed by atoms with E-state index in [1.165, 1.54) is 5.57 Å². The molecule has 7 heteroatoms. The van der Waals surface area contributed by atoms with Gasteiger partial charge >= 0.3 is 12.1 Å². The Bertz CT molecular complexity index is 710. The van der Waals surface area contributed by atoms with Gasteiger partial charge < -0.3 is 15.5 Å². The predicted molar refractivity (Wildman–Crippen MR) is 102 cm³/mol. The summed E-state index contributed by atoms with van der Waals surface area (Å²) in [6, 6.07) is -0.624. The Balaban J connectivity index is 1.58. The van der Waals surface area contributed by atoms with Gasteiger partial charge in [0.05, 0.1) is 12.2 Å². The Labute approximate surface area is 169 Å². The second-order valence-corrected chi connectivity index (χ2v) is 10.4. The van der Waals surface area contributed by atoms with Gasteiger partial charge in [0.2, 0.25) is 0 Å². The molecule has 29 heavy (non-hydrogen) atoms. The Morgan fingerprint density at radius 2 is 1.76 bits per heavy atom. The molecule has 164 valence electrons. The molecule has 4 nitrogen and oxygen atoms in total. The van der Waals surface area contributed by atoms with Crippen LogP contribution in [0.4, 0.5) is 13.2 Å². The van der Waals surface area contributed by atoms with Crippen molar-refractivity contribution < 1.29 is 28.2 Å². The van der Waals surface area contributed by atoms with Gasteiger partial charge in [-0.2, -0.15) is 13.2 Å². The molecule has 4 fully saturated rings. The molecular formula is C22H32F3NO3. The smallest absolute Gasteiger partial charge is 0.390 e. The molecule has 0 aromatic heterocycles. The van der Waals surface area contributed by atoms with Gasteiger partial charge in [0, 0.05) is 6.04 Å². The zero-order valence-electron chi connectivity index (χ0n) is 17.1. The van der Waals surface area contributed by atoms with E-state index in [0.717, 1.165) is 25.7 Å². The van der Waals surface area contributed by atoms with E-state index in [4.69, 9.17) is 0 Å². The van der Waals surface area contributed by atoms with Crippen molar-refractivity contribution in [2.24, 2.45) is 34.5 Å². The minimum atomic E-state index is -4.91. The number of nitrogens with one attached hydrogen (secondary N) is 1. The fourth-order valence-electron chi connectivity index (χ4n) is 7.57. The molecule has 4 rings (SSSR count). The lowest BCUT2D eigenvalue weighted by Gasteiger charge is -2.63. The molecule has 0 radical (unpaired) electrons. The molecule has 0 spiro atoms. The van der Waals surface area contributed by atoms with E-state index in [9.17, 15) is 28.2 Å². The number of rotatable bonds is 1. The van der Waals surface area contributed by atoms with Crippen molar-refractivity contribution in [2.75, 3.05) is 0 Å². The monoisotopic (exact) mass is 415 g/mol. The van der Waals surface area contributed by atoms with Crippen molar-refractivity contribution in [3.8, 4) is 0 Å². The molecule has 0 bridgehead atoms. The molecule has 0 aliphatic heterocycles. The highest BCUT2D eigenvalue weighted by Gasteiger charge is 2.64. The van der Waals surface area contributed by atoms with Gasteiger partial charge in [-0.15, -0.1) is 0 Å². The van der Waals surface area contributed by atoms with E-state index in [1.54, 1.807) is 0 Å². The third kappa shape index (κ3) is 3.06. The predicted octanol–water partition coefficient (Wildman–Crippen LogP) is 3.57. The maximum Gasteiger partial charge on any atom is 0.471 e. The summed E-state index contributed by atoms with van der Waals surface area (Å²) >= 11 is 0. The number of aliphatic hydroxyl groups is 2. The van der Waals surface area contributed by atoms with E-state index in [2.05, 4.69) is 25.7 Å². The Kier molecular flexibility index (Phi) is 4.90. The van der Waals surface area contributed by atoms with Gasteiger partial charge in [-0.1, -0.05) is 26.0 Å². The average molecular weight is 415 g/mol. The summed E-state index contributed by atoms with van der Waals surface area (Å²) < 4.78 is 38.0. The molecule has 0 heterocycles. The molecule has 4 aliphatic rings. The maximum atomic E-state index is 12.7. The number of amides is 1. The third-order valence-electron chi connectivity index (χ3n) is 9.30. The Hall–Kier alpha value is -1.08. The van der Waals surface area contributed by atoms with Gasteiger partial charge in [-0.25, -0.2) is 0 Å². The molecule has 9 atom stereocenters. The highest BCUT2D eigenvalue weighted by atomic mass is 19.4. The number of hydrogen-bond acceptors (Lipinski definition) is 3. The van der Waals surface area contributed by atoms with Gasteiger partial charge in [-0.3, -0.25) is 4.79 Å². The normalized spacial score (nSPS) is 49.8. The van der Waals surface area contributed by atoms with Gasteiger partial charge in [0.15, 0.2) is 0 Å². The highest BCUT2D eigenvalue weighted by Crippen LogP contribution is 2.67. The van der Waals surface area contributed by atoms with E-state index in [-0.39, 0.29) is 35.0 Å². The molecule has 3 unspecified atom stereocenters. The van der Waals surface area contributed by atoms with Gasteiger partial charge in [0.1, 0.15) is 0 Å². The SMILES string of the molecule is C=C1CC[C@H]2C3[C@@H](O)[C@H](O)C4C[C@@H](NC(=O)C(F)(F)F)CCC4(C)[C@H]3CC[C@]12C. The lowest BCUT2D eigenvalue weighted by atomic mass is 9.43. The first kappa shape index (κ1) is 21.2. The third-order valence-corrected chi connectivity index (χ3v) is 9.30. The fraction of sp³-hybridized carbons (Fsp3) is 0.864. The summed E-state index contributed by atoms with van der Waals surface area (Å²) in [5, 5.41) is 24.3. The summed E-state index contributed by atoms with van der Waals surface area (Å²) in [4.78, 5) is 11.4. The second-order valence-electron chi connectivity index (χ2n) is 10.4. The lowest BCUT2D eigenvalue weighted by molar-refractivity contribution is -0.212. The fourth-order valence-corrected chi connectivity index (χ4v) is 7.57. The number of carbonyl (C=O) groups excluding carboxylic acids is 1. The van der Waals surface area contributed by atoms with E-state index < -0.39 is 30.3 Å². The summed E-state index contributed by atoms with van der Waals surface area (Å²) in [6.45, 7) is 8.65. The Morgan fingerprint density at radius 3 is 2.41 bits per heavy atom. The summed E-state index contributed by atoms with van der Waals surface area (Å²) in [7, 11) is 0. The molecule has 1 amide bonds. The molecule has 0 aromatic rings. The topological polar surface area (TPSA) is 69.6 Å². The highest BCUT2D eigenvalue weighted by molar-refractivity contribution is 5.81. The van der Waals surface area contributed by atoms with Crippen LogP contribution in [0.1, 0.15) is 58.8 Å². The van der Waals surface area contributed by atoms with Crippen molar-refractivity contribution in [1.82, 2.24) is 5.32 Å². The summed E-state index contributed by atoms with van der Waals surface area (Å²) in [6.07, 6.45) is -1.50. The standard InChI is InChI=1S/C22H32F3NO3/c1-11-4-5-13-16-14(7-9-20(11,13)2)21(3)8-6-12(26-19(29)22(23,24)25)10-15(21)17(27)18(16)28/h12-18,27-28H,1,4-10H2,2-3H3,(H,26,29)/t12-,13-,14-,15?,16?,17+,18+,20+,21?/m0/s1. The second kappa shape index (κ2) is 6.71. The summed E-state index contributed by atoms with van der Waals surface area (Å²) in [5.41, 5.74) is 1.00. The number of aliphatic hydroxyl groups excluding tert-OH is 2. The molecule has 3 N–H and O–H groups in total. The number of hydrogen-bond donors (Lipinski definition) is 3. The number of alkyl halides is 3. The first-order valence-electron chi connectivity index (χ1n) is 10.8. The van der Waals surface area contributed by atoms with Crippen molar-refractivity contribution in [2.45, 2.75) is 83.2 Å². The van der Waals surface area contributed by atoms with Crippen molar-refractivity contribution in [3.63, 3.8) is 0 Å². The number of carbonyl (C=O) groups is 1. The van der Waals surface area contributed by atoms with Crippen LogP contribution in [-0.4, -0.2) is 40.5 Å². The lowest BCUT2D eigenvalue weighted by Crippen LogP contribution is -2.64. The Morgan fingerprint density at radius 1 is 1.07 bits per heavy atom. The van der Waals surface area contributed by atoms with Crippen molar-refractivity contribution >= 4 is 5.91 Å². The molecular weight excluding hydrogens is 383 g/mol. The number of halogens is 3. The van der Waals surface area contributed by atoms with Gasteiger partial charge in [-0.05, 0) is 79.4 Å². The van der Waals surface area contributed by atoms with E-state index >= 15 is 0 Å². The van der Waals surface area contributed by atoms with Crippen LogP contribution < -0.4 is 5.32 Å². The molecule has 0 saturated heterocycles. The minimum absolute atomic E-state index is 0.00293. The van der Waals surface area contributed by atoms with Gasteiger partial charge in [0.25, 0.3) is 0 Å². The minimum Gasteiger partial charge on any atom is -0.390 e. The van der Waals surface area contributed by atoms with E-state index in [1.807, 2.05) is 0 Å². The maximum absolute atomic E-state index is 12.7. The van der Waals surface area contributed by atoms with Crippen LogP contribution in [0, 0.1) is 34.5 Å². The average Bonchev–Trinajstić information content (AvgIpc) is 2.94. The van der Waals surface area contributed by atoms with Crippen LogP contribution in [0.3, 0.4) is 0 Å². The molecule has 4 aliphatic carbocycles.